The molecule has 0 saturated heterocycles. The van der Waals surface area contributed by atoms with Crippen LogP contribution < -0.4 is 0 Å². The van der Waals surface area contributed by atoms with Crippen LogP contribution in [0.2, 0.25) is 19.6 Å². The molecule has 0 aliphatic carbocycles. The molecule has 0 rings (SSSR count). The average Bonchev–Trinajstić information content (AvgIpc) is 1.92. The number of alkyl halides is 9. The predicted molar refractivity (Wildman–Crippen MR) is 91.4 cm³/mol. The van der Waals surface area contributed by atoms with Crippen LogP contribution in [0.25, 0.3) is 0 Å². The van der Waals surface area contributed by atoms with Crippen molar-refractivity contribution < 1.29 is 29.4 Å². The van der Waals surface area contributed by atoms with E-state index in [1.807, 2.05) is 19.6 Å². The molecule has 0 amide bonds. The van der Waals surface area contributed by atoms with Crippen LogP contribution in [0.4, 0.5) is 0 Å². The van der Waals surface area contributed by atoms with Crippen molar-refractivity contribution in [3.8, 4) is 0 Å². The minimum atomic E-state index is -2.80. The van der Waals surface area contributed by atoms with Crippen LogP contribution in [0.3, 0.4) is 0 Å². The van der Waals surface area contributed by atoms with Gasteiger partial charge in [-0.2, -0.15) is 0 Å². The molecule has 0 aliphatic rings. The van der Waals surface area contributed by atoms with Crippen molar-refractivity contribution in [2.45, 2.75) is 36.6 Å². The first kappa shape index (κ1) is 28.2. The second kappa shape index (κ2) is 9.17. The Morgan fingerprint density at radius 2 is 0.750 bits per heavy atom. The summed E-state index contributed by atoms with van der Waals surface area (Å²) in [6.07, 6.45) is 0. The summed E-state index contributed by atoms with van der Waals surface area (Å²) in [5, 5.41) is 9.83. The molecule has 0 unspecified atom stereocenters. The molecule has 0 bridgehead atoms. The van der Waals surface area contributed by atoms with Crippen LogP contribution in [-0.4, -0.2) is 35.2 Å². The molecular formula is C7H11Cl9O2SiZn. The summed E-state index contributed by atoms with van der Waals surface area (Å²) in [4.78, 5) is 8.66. The van der Waals surface area contributed by atoms with E-state index in [0.29, 0.717) is 0 Å². The van der Waals surface area contributed by atoms with E-state index in [-0.39, 0.29) is 19.5 Å². The molecule has 0 aromatic heterocycles. The number of halogens is 9. The zero-order chi connectivity index (χ0) is 16.5. The molecule has 0 heterocycles. The summed E-state index contributed by atoms with van der Waals surface area (Å²) in [7, 11) is -1.61. The fourth-order valence-electron chi connectivity index (χ4n) is 0.482. The van der Waals surface area contributed by atoms with Gasteiger partial charge in [0.05, 0.1) is 0 Å². The topological polar surface area (TPSA) is 40.5 Å². The summed E-state index contributed by atoms with van der Waals surface area (Å²) in [5.41, 5.74) is -2.80. The molecule has 0 aromatic rings. The number of hydrogen-bond acceptors (Lipinski definition) is 2. The van der Waals surface area contributed by atoms with Crippen molar-refractivity contribution in [1.82, 2.24) is 0 Å². The maximum atomic E-state index is 9.83. The van der Waals surface area contributed by atoms with Crippen LogP contribution in [-0.2, 0) is 19.5 Å². The van der Waals surface area contributed by atoms with Gasteiger partial charge in [0.15, 0.2) is 8.32 Å². The Bertz CT molecular complexity index is 249. The molecule has 0 aromatic carbocycles. The molecule has 0 saturated carbocycles. The van der Waals surface area contributed by atoms with Crippen molar-refractivity contribution in [3.63, 3.8) is 0 Å². The molecule has 2 nitrogen and oxygen atoms in total. The third-order valence-electron chi connectivity index (χ3n) is 1.23. The Morgan fingerprint density at radius 1 is 0.650 bits per heavy atom. The van der Waals surface area contributed by atoms with Gasteiger partial charge in [-0.05, 0) is 19.6 Å². The zero-order valence-corrected chi connectivity index (χ0v) is 21.3. The van der Waals surface area contributed by atoms with Gasteiger partial charge < -0.3 is 9.90 Å². The number of hydrogen-bond donors (Lipinski definition) is 2. The standard InChI is InChI=1S/C4HCl9O.C3H10OSi.Zn/c5-2(6,7)1(14,3(8,9)10)4(11,12)13;1-5(2,3)4;/h14H;4H,1-3H3;. The van der Waals surface area contributed by atoms with E-state index in [1.165, 1.54) is 0 Å². The molecule has 120 valence electrons. The van der Waals surface area contributed by atoms with Gasteiger partial charge in [-0.15, -0.1) is 0 Å². The molecule has 0 aliphatic heterocycles. The second-order valence-electron chi connectivity index (χ2n) is 4.37. The number of aliphatic hydroxyl groups is 1. The van der Waals surface area contributed by atoms with Gasteiger partial charge in [0.2, 0.25) is 17.0 Å². The van der Waals surface area contributed by atoms with Crippen LogP contribution >= 0.6 is 104 Å². The molecule has 0 spiro atoms. The van der Waals surface area contributed by atoms with Crippen molar-refractivity contribution in [3.05, 3.63) is 0 Å². The fraction of sp³-hybridized carbons (Fsp3) is 1.00. The smallest absolute Gasteiger partial charge is 0.227 e. The molecule has 0 fully saturated rings. The average molecular weight is 540 g/mol. The van der Waals surface area contributed by atoms with E-state index in [0.717, 1.165) is 0 Å². The molecule has 20 heavy (non-hydrogen) atoms. The largest absolute Gasteiger partial charge is 0.433 e. The molecule has 13 heteroatoms. The van der Waals surface area contributed by atoms with Gasteiger partial charge in [0.25, 0.3) is 0 Å². The van der Waals surface area contributed by atoms with Crippen LogP contribution in [0.15, 0.2) is 0 Å². The predicted octanol–water partition coefficient (Wildman–Crippen LogP) is 5.64. The van der Waals surface area contributed by atoms with Gasteiger partial charge >= 0.3 is 0 Å². The molecular weight excluding hydrogens is 529 g/mol. The monoisotopic (exact) mass is 534 g/mol. The van der Waals surface area contributed by atoms with E-state index in [9.17, 15) is 5.11 Å². The first-order chi connectivity index (χ1) is 7.75. The van der Waals surface area contributed by atoms with Crippen molar-refractivity contribution in [1.29, 1.82) is 0 Å². The first-order valence-electron chi connectivity index (χ1n) is 4.40. The summed E-state index contributed by atoms with van der Waals surface area (Å²) < 4.78 is -7.49. The van der Waals surface area contributed by atoms with E-state index in [2.05, 4.69) is 0 Å². The SMILES string of the molecule is C[Si](C)(C)O.OC(C(Cl)(Cl)Cl)(C(Cl)(Cl)Cl)C(Cl)(Cl)Cl.[Zn]. The van der Waals surface area contributed by atoms with Crippen molar-refractivity contribution in [2.24, 2.45) is 0 Å². The van der Waals surface area contributed by atoms with Crippen molar-refractivity contribution >= 4 is 113 Å². The van der Waals surface area contributed by atoms with E-state index >= 15 is 0 Å². The first-order valence-corrected chi connectivity index (χ1v) is 11.2. The van der Waals surface area contributed by atoms with Crippen molar-refractivity contribution in [2.75, 3.05) is 0 Å². The van der Waals surface area contributed by atoms with E-state index < -0.39 is 25.3 Å². The Balaban J connectivity index is -0.000000414. The van der Waals surface area contributed by atoms with Gasteiger partial charge in [0, 0.05) is 19.5 Å². The minimum Gasteiger partial charge on any atom is -0.433 e. The molecule has 2 N–H and O–H groups in total. The Hall–Kier alpha value is 3.37. The third-order valence-corrected chi connectivity index (χ3v) is 3.69. The van der Waals surface area contributed by atoms with E-state index in [1.54, 1.807) is 0 Å². The third kappa shape index (κ3) is 9.61. The zero-order valence-electron chi connectivity index (χ0n) is 10.5. The molecule has 0 radical (unpaired) electrons. The van der Waals surface area contributed by atoms with Gasteiger partial charge in [-0.25, -0.2) is 0 Å². The van der Waals surface area contributed by atoms with Crippen LogP contribution in [0.1, 0.15) is 0 Å². The maximum Gasteiger partial charge on any atom is 0.227 e. The van der Waals surface area contributed by atoms with E-state index in [4.69, 9.17) is 109 Å². The Labute approximate surface area is 177 Å². The van der Waals surface area contributed by atoms with Gasteiger partial charge in [-0.1, -0.05) is 104 Å². The maximum absolute atomic E-state index is 9.83. The Kier molecular flexibility index (Phi) is 12.9. The number of rotatable bonds is 0. The summed E-state index contributed by atoms with van der Waals surface area (Å²) in [5.74, 6) is 0. The van der Waals surface area contributed by atoms with Gasteiger partial charge in [0.1, 0.15) is 0 Å². The summed E-state index contributed by atoms with van der Waals surface area (Å²) in [6.45, 7) is 5.65. The quantitative estimate of drug-likeness (QED) is 0.309. The summed E-state index contributed by atoms with van der Waals surface area (Å²) >= 11 is 48.5. The van der Waals surface area contributed by atoms with Crippen LogP contribution in [0, 0.1) is 0 Å². The second-order valence-corrected chi connectivity index (χ2v) is 15.6. The van der Waals surface area contributed by atoms with Crippen LogP contribution in [0.5, 0.6) is 0 Å². The fourth-order valence-corrected chi connectivity index (χ4v) is 4.34. The van der Waals surface area contributed by atoms with Gasteiger partial charge in [-0.3, -0.25) is 0 Å². The Morgan fingerprint density at radius 3 is 0.750 bits per heavy atom. The molecule has 0 atom stereocenters. The normalized spacial score (nSPS) is 14.1. The minimum absolute atomic E-state index is 0. The summed E-state index contributed by atoms with van der Waals surface area (Å²) in [6, 6.07) is 0.